The molecule has 120 valence electrons. The number of carbonyl (C=O) groups excluding carboxylic acids is 2. The molecule has 0 radical (unpaired) electrons. The first-order chi connectivity index (χ1) is 10.2. The van der Waals surface area contributed by atoms with Crippen LogP contribution in [0.4, 0.5) is 0 Å². The van der Waals surface area contributed by atoms with E-state index < -0.39 is 0 Å². The van der Waals surface area contributed by atoms with Crippen LogP contribution in [-0.2, 0) is 9.59 Å². The smallest absolute Gasteiger partial charge is 0.225 e. The third-order valence-corrected chi connectivity index (χ3v) is 5.24. The lowest BCUT2D eigenvalue weighted by Gasteiger charge is -2.26. The van der Waals surface area contributed by atoms with Gasteiger partial charge in [-0.25, -0.2) is 0 Å². The van der Waals surface area contributed by atoms with Crippen LogP contribution in [0.25, 0.3) is 0 Å². The highest BCUT2D eigenvalue weighted by Crippen LogP contribution is 2.27. The quantitative estimate of drug-likeness (QED) is 0.785. The van der Waals surface area contributed by atoms with Crippen LogP contribution < -0.4 is 5.32 Å². The molecule has 0 aromatic rings. The van der Waals surface area contributed by atoms with E-state index in [1.807, 2.05) is 4.90 Å². The maximum atomic E-state index is 12.2. The Labute approximate surface area is 128 Å². The lowest BCUT2D eigenvalue weighted by molar-refractivity contribution is -0.130. The molecular weight excluding hydrogens is 264 g/mol. The molecule has 1 aliphatic heterocycles. The molecule has 1 saturated carbocycles. The van der Waals surface area contributed by atoms with E-state index in [0.29, 0.717) is 19.0 Å². The van der Waals surface area contributed by atoms with E-state index in [4.69, 9.17) is 0 Å². The monoisotopic (exact) mass is 294 g/mol. The molecule has 0 aromatic carbocycles. The minimum absolute atomic E-state index is 0.0785. The van der Waals surface area contributed by atoms with Crippen LogP contribution in [0.2, 0.25) is 0 Å². The summed E-state index contributed by atoms with van der Waals surface area (Å²) in [6.07, 6.45) is 8.77. The van der Waals surface area contributed by atoms with Crippen molar-refractivity contribution in [3.8, 4) is 0 Å². The second kappa shape index (κ2) is 7.81. The molecule has 0 spiro atoms. The van der Waals surface area contributed by atoms with E-state index in [2.05, 4.69) is 19.2 Å². The van der Waals surface area contributed by atoms with Crippen LogP contribution in [0.5, 0.6) is 0 Å². The average Bonchev–Trinajstić information content (AvgIpc) is 3.11. The van der Waals surface area contributed by atoms with Crippen molar-refractivity contribution in [2.24, 2.45) is 11.8 Å². The Morgan fingerprint density at radius 2 is 1.95 bits per heavy atom. The number of nitrogens with one attached hydrogen (secondary N) is 1. The van der Waals surface area contributed by atoms with Crippen molar-refractivity contribution >= 4 is 11.8 Å². The molecule has 1 heterocycles. The van der Waals surface area contributed by atoms with Crippen molar-refractivity contribution < 1.29 is 9.59 Å². The van der Waals surface area contributed by atoms with E-state index in [0.717, 1.165) is 31.7 Å². The van der Waals surface area contributed by atoms with Crippen molar-refractivity contribution in [2.45, 2.75) is 71.3 Å². The first kappa shape index (κ1) is 16.3. The molecule has 0 bridgehead atoms. The molecule has 21 heavy (non-hydrogen) atoms. The van der Waals surface area contributed by atoms with Gasteiger partial charge in [-0.05, 0) is 25.2 Å². The molecule has 0 aromatic heterocycles. The molecule has 2 amide bonds. The van der Waals surface area contributed by atoms with Gasteiger partial charge in [0, 0.05) is 25.6 Å². The Bertz CT molecular complexity index is 360. The molecule has 1 N–H and O–H groups in total. The van der Waals surface area contributed by atoms with Gasteiger partial charge < -0.3 is 10.2 Å². The lowest BCUT2D eigenvalue weighted by atomic mass is 10.0. The van der Waals surface area contributed by atoms with Gasteiger partial charge in [0.05, 0.1) is 5.92 Å². The van der Waals surface area contributed by atoms with Crippen LogP contribution in [0, 0.1) is 11.8 Å². The van der Waals surface area contributed by atoms with Crippen LogP contribution >= 0.6 is 0 Å². The number of hydrogen-bond acceptors (Lipinski definition) is 2. The fourth-order valence-corrected chi connectivity index (χ4v) is 3.83. The van der Waals surface area contributed by atoms with E-state index in [-0.39, 0.29) is 17.7 Å². The van der Waals surface area contributed by atoms with Gasteiger partial charge in [-0.2, -0.15) is 0 Å². The summed E-state index contributed by atoms with van der Waals surface area (Å²) >= 11 is 0. The number of likely N-dealkylation sites (tertiary alicyclic amines) is 1. The Morgan fingerprint density at radius 3 is 2.57 bits per heavy atom. The fraction of sp³-hybridized carbons (Fsp3) is 0.882. The SMILES string of the molecule is CCC(CC)N1CC(C(=O)NCCC2CCCC2)CC1=O. The summed E-state index contributed by atoms with van der Waals surface area (Å²) in [4.78, 5) is 26.2. The topological polar surface area (TPSA) is 49.4 Å². The zero-order chi connectivity index (χ0) is 15.2. The minimum atomic E-state index is -0.137. The number of rotatable bonds is 7. The summed E-state index contributed by atoms with van der Waals surface area (Å²) in [6.45, 7) is 5.60. The van der Waals surface area contributed by atoms with Crippen LogP contribution in [0.15, 0.2) is 0 Å². The Balaban J connectivity index is 1.74. The predicted molar refractivity (Wildman–Crippen MR) is 83.8 cm³/mol. The van der Waals surface area contributed by atoms with Gasteiger partial charge in [0.2, 0.25) is 11.8 Å². The van der Waals surface area contributed by atoms with Gasteiger partial charge in [-0.1, -0.05) is 39.5 Å². The standard InChI is InChI=1S/C17H30N2O2/c1-3-15(4-2)19-12-14(11-16(19)20)17(21)18-10-9-13-7-5-6-8-13/h13-15H,3-12H2,1-2H3,(H,18,21). The summed E-state index contributed by atoms with van der Waals surface area (Å²) < 4.78 is 0. The highest BCUT2D eigenvalue weighted by atomic mass is 16.2. The summed E-state index contributed by atoms with van der Waals surface area (Å²) in [5.74, 6) is 0.896. The molecule has 2 fully saturated rings. The summed E-state index contributed by atoms with van der Waals surface area (Å²) in [7, 11) is 0. The zero-order valence-electron chi connectivity index (χ0n) is 13.6. The third-order valence-electron chi connectivity index (χ3n) is 5.24. The maximum Gasteiger partial charge on any atom is 0.225 e. The average molecular weight is 294 g/mol. The Kier molecular flexibility index (Phi) is 6.07. The summed E-state index contributed by atoms with van der Waals surface area (Å²) in [6, 6.07) is 0.300. The molecule has 4 nitrogen and oxygen atoms in total. The van der Waals surface area contributed by atoms with Gasteiger partial charge in [-0.3, -0.25) is 9.59 Å². The number of carbonyl (C=O) groups is 2. The number of amides is 2. The van der Waals surface area contributed by atoms with Gasteiger partial charge >= 0.3 is 0 Å². The molecule has 4 heteroatoms. The van der Waals surface area contributed by atoms with E-state index in [9.17, 15) is 9.59 Å². The van der Waals surface area contributed by atoms with E-state index in [1.165, 1.54) is 25.7 Å². The van der Waals surface area contributed by atoms with Gasteiger partial charge in [0.25, 0.3) is 0 Å². The van der Waals surface area contributed by atoms with Crippen molar-refractivity contribution in [3.63, 3.8) is 0 Å². The molecular formula is C17H30N2O2. The van der Waals surface area contributed by atoms with Crippen LogP contribution in [0.3, 0.4) is 0 Å². The van der Waals surface area contributed by atoms with Crippen molar-refractivity contribution in [1.82, 2.24) is 10.2 Å². The maximum absolute atomic E-state index is 12.2. The zero-order valence-corrected chi connectivity index (χ0v) is 13.6. The molecule has 2 aliphatic rings. The molecule has 2 rings (SSSR count). The summed E-state index contributed by atoms with van der Waals surface area (Å²) in [5, 5.41) is 3.05. The molecule has 1 saturated heterocycles. The second-order valence-electron chi connectivity index (χ2n) is 6.65. The van der Waals surface area contributed by atoms with E-state index in [1.54, 1.807) is 0 Å². The molecule has 1 aliphatic carbocycles. The summed E-state index contributed by atoms with van der Waals surface area (Å²) in [5.41, 5.74) is 0. The Morgan fingerprint density at radius 1 is 1.29 bits per heavy atom. The van der Waals surface area contributed by atoms with Crippen molar-refractivity contribution in [2.75, 3.05) is 13.1 Å². The second-order valence-corrected chi connectivity index (χ2v) is 6.65. The molecule has 1 atom stereocenters. The fourth-order valence-electron chi connectivity index (χ4n) is 3.83. The normalized spacial score (nSPS) is 23.3. The Hall–Kier alpha value is -1.06. The highest BCUT2D eigenvalue weighted by Gasteiger charge is 2.36. The first-order valence-corrected chi connectivity index (χ1v) is 8.72. The van der Waals surface area contributed by atoms with Crippen LogP contribution in [0.1, 0.15) is 65.2 Å². The van der Waals surface area contributed by atoms with E-state index >= 15 is 0 Å². The van der Waals surface area contributed by atoms with Gasteiger partial charge in [-0.15, -0.1) is 0 Å². The van der Waals surface area contributed by atoms with Gasteiger partial charge in [0.15, 0.2) is 0 Å². The predicted octanol–water partition coefficient (Wildman–Crippen LogP) is 2.72. The van der Waals surface area contributed by atoms with Crippen molar-refractivity contribution in [3.05, 3.63) is 0 Å². The third kappa shape index (κ3) is 4.21. The first-order valence-electron chi connectivity index (χ1n) is 8.72. The van der Waals surface area contributed by atoms with Crippen molar-refractivity contribution in [1.29, 1.82) is 0 Å². The van der Waals surface area contributed by atoms with Gasteiger partial charge in [0.1, 0.15) is 0 Å². The largest absolute Gasteiger partial charge is 0.356 e. The minimum Gasteiger partial charge on any atom is -0.356 e. The lowest BCUT2D eigenvalue weighted by Crippen LogP contribution is -2.38. The number of nitrogens with zero attached hydrogens (tertiary/aromatic N) is 1. The highest BCUT2D eigenvalue weighted by molar-refractivity contribution is 5.89. The van der Waals surface area contributed by atoms with Crippen LogP contribution in [-0.4, -0.2) is 35.8 Å². The number of hydrogen-bond donors (Lipinski definition) is 1. The molecule has 1 unspecified atom stereocenters.